The summed E-state index contributed by atoms with van der Waals surface area (Å²) in [6.45, 7) is 3.05. The van der Waals surface area contributed by atoms with E-state index in [4.69, 9.17) is 0 Å². The Morgan fingerprint density at radius 1 is 1.32 bits per heavy atom. The number of hydrogen-bond acceptors (Lipinski definition) is 5. The van der Waals surface area contributed by atoms with Crippen LogP contribution in [0, 0.1) is 11.3 Å². The van der Waals surface area contributed by atoms with Crippen molar-refractivity contribution < 1.29 is 24.8 Å². The lowest BCUT2D eigenvalue weighted by atomic mass is 9.76. The first-order chi connectivity index (χ1) is 8.54. The van der Waals surface area contributed by atoms with E-state index in [2.05, 4.69) is 0 Å². The van der Waals surface area contributed by atoms with Gasteiger partial charge in [0.15, 0.2) is 5.79 Å². The van der Waals surface area contributed by atoms with E-state index < -0.39 is 28.8 Å². The van der Waals surface area contributed by atoms with E-state index in [1.54, 1.807) is 6.92 Å². The minimum Gasteiger partial charge on any atom is -0.364 e. The van der Waals surface area contributed by atoms with Gasteiger partial charge in [0, 0.05) is 24.3 Å². The Balaban J connectivity index is 1.96. The fourth-order valence-electron chi connectivity index (χ4n) is 3.90. The van der Waals surface area contributed by atoms with Crippen LogP contribution >= 0.6 is 0 Å². The van der Waals surface area contributed by atoms with E-state index in [0.29, 0.717) is 6.42 Å². The molecule has 0 bridgehead atoms. The van der Waals surface area contributed by atoms with Gasteiger partial charge in [-0.3, -0.25) is 0 Å². The molecule has 2 saturated carbocycles. The first-order valence-corrected chi connectivity index (χ1v) is 6.85. The van der Waals surface area contributed by atoms with Gasteiger partial charge in [-0.05, 0) is 33.1 Å². The van der Waals surface area contributed by atoms with Crippen LogP contribution < -0.4 is 0 Å². The van der Waals surface area contributed by atoms with Crippen LogP contribution in [-0.2, 0) is 0 Å². The predicted molar refractivity (Wildman–Crippen MR) is 64.4 cm³/mol. The molecule has 5 nitrogen and oxygen atoms in total. The summed E-state index contributed by atoms with van der Waals surface area (Å²) < 4.78 is 13.1. The van der Waals surface area contributed by atoms with E-state index in [1.165, 1.54) is 11.8 Å². The van der Waals surface area contributed by atoms with Crippen LogP contribution in [0.4, 0.5) is 4.39 Å². The summed E-state index contributed by atoms with van der Waals surface area (Å²) in [5.41, 5.74) is -1.68. The SMILES string of the molecule is CC(O)(O)[C@]1(C)N(CC2CC2F)C(O)(O)CC12CC2. The molecule has 3 rings (SSSR count). The Morgan fingerprint density at radius 3 is 2.21 bits per heavy atom. The Kier molecular flexibility index (Phi) is 2.51. The van der Waals surface area contributed by atoms with Crippen molar-refractivity contribution in [1.82, 2.24) is 4.90 Å². The molecular formula is C13H22FNO4. The minimum atomic E-state index is -2.10. The van der Waals surface area contributed by atoms with Crippen molar-refractivity contribution in [2.24, 2.45) is 11.3 Å². The van der Waals surface area contributed by atoms with Crippen LogP contribution in [0.25, 0.3) is 0 Å². The van der Waals surface area contributed by atoms with Gasteiger partial charge in [0.05, 0.1) is 5.54 Å². The zero-order chi connectivity index (χ0) is 14.3. The molecule has 3 fully saturated rings. The summed E-state index contributed by atoms with van der Waals surface area (Å²) in [6.07, 6.45) is 1.02. The largest absolute Gasteiger partial charge is 0.364 e. The third-order valence-corrected chi connectivity index (χ3v) is 5.61. The van der Waals surface area contributed by atoms with Gasteiger partial charge in [-0.1, -0.05) is 0 Å². The Bertz CT molecular complexity index is 404. The molecule has 1 spiro atoms. The topological polar surface area (TPSA) is 84.2 Å². The molecule has 1 aliphatic heterocycles. The maximum absolute atomic E-state index is 13.1. The van der Waals surface area contributed by atoms with Crippen molar-refractivity contribution in [1.29, 1.82) is 0 Å². The highest BCUT2D eigenvalue weighted by molar-refractivity contribution is 5.22. The standard InChI is InChI=1S/C13H22FNO4/c1-10(11(2,16)17)12(3-4-12)7-13(18,19)15(10)6-8-5-9(8)14/h8-9,16-19H,3-7H2,1-2H3/t8?,9?,10-/m0/s1. The average Bonchev–Trinajstić information content (AvgIpc) is 3.10. The summed E-state index contributed by atoms with van der Waals surface area (Å²) in [5, 5.41) is 40.8. The molecule has 0 amide bonds. The van der Waals surface area contributed by atoms with Gasteiger partial charge < -0.3 is 20.4 Å². The molecule has 0 aromatic rings. The molecule has 3 atom stereocenters. The van der Waals surface area contributed by atoms with Gasteiger partial charge in [-0.15, -0.1) is 0 Å². The van der Waals surface area contributed by atoms with Gasteiger partial charge in [0.25, 0.3) is 0 Å². The van der Waals surface area contributed by atoms with Gasteiger partial charge in [0.1, 0.15) is 6.17 Å². The molecule has 4 N–H and O–H groups in total. The van der Waals surface area contributed by atoms with Crippen molar-refractivity contribution >= 4 is 0 Å². The third-order valence-electron chi connectivity index (χ3n) is 5.61. The highest BCUT2D eigenvalue weighted by atomic mass is 19.1. The summed E-state index contributed by atoms with van der Waals surface area (Å²) >= 11 is 0. The molecular weight excluding hydrogens is 253 g/mol. The fraction of sp³-hybridized carbons (Fsp3) is 1.00. The molecule has 0 aromatic heterocycles. The summed E-state index contributed by atoms with van der Waals surface area (Å²) in [4.78, 5) is 1.30. The first-order valence-electron chi connectivity index (χ1n) is 6.85. The van der Waals surface area contributed by atoms with Crippen molar-refractivity contribution in [3.05, 3.63) is 0 Å². The summed E-state index contributed by atoms with van der Waals surface area (Å²) in [5.74, 6) is -4.41. The highest BCUT2D eigenvalue weighted by Gasteiger charge is 2.76. The maximum atomic E-state index is 13.1. The predicted octanol–water partition coefficient (Wildman–Crippen LogP) is -0.0718. The second-order valence-electron chi connectivity index (χ2n) is 6.95. The second kappa shape index (κ2) is 3.49. The van der Waals surface area contributed by atoms with E-state index in [9.17, 15) is 24.8 Å². The monoisotopic (exact) mass is 275 g/mol. The Hall–Kier alpha value is -0.270. The van der Waals surface area contributed by atoms with Gasteiger partial charge in [-0.2, -0.15) is 0 Å². The van der Waals surface area contributed by atoms with E-state index >= 15 is 0 Å². The van der Waals surface area contributed by atoms with Gasteiger partial charge in [-0.25, -0.2) is 9.29 Å². The van der Waals surface area contributed by atoms with Crippen LogP contribution in [-0.4, -0.2) is 55.3 Å². The van der Waals surface area contributed by atoms with Gasteiger partial charge in [0.2, 0.25) is 5.91 Å². The number of aliphatic hydroxyl groups is 4. The first kappa shape index (κ1) is 13.7. The number of rotatable bonds is 3. The zero-order valence-electron chi connectivity index (χ0n) is 11.3. The smallest absolute Gasteiger partial charge is 0.226 e. The summed E-state index contributed by atoms with van der Waals surface area (Å²) in [7, 11) is 0. The Morgan fingerprint density at radius 2 is 1.84 bits per heavy atom. The van der Waals surface area contributed by atoms with Crippen molar-refractivity contribution in [2.45, 2.75) is 62.9 Å². The van der Waals surface area contributed by atoms with Crippen LogP contribution in [0.3, 0.4) is 0 Å². The molecule has 3 aliphatic rings. The normalized spacial score (nSPS) is 43.7. The lowest BCUT2D eigenvalue weighted by Gasteiger charge is -2.48. The van der Waals surface area contributed by atoms with E-state index in [1.807, 2.05) is 0 Å². The van der Waals surface area contributed by atoms with Crippen LogP contribution in [0.1, 0.15) is 39.5 Å². The number of halogens is 1. The maximum Gasteiger partial charge on any atom is 0.226 e. The second-order valence-corrected chi connectivity index (χ2v) is 6.95. The van der Waals surface area contributed by atoms with Crippen LogP contribution in [0.2, 0.25) is 0 Å². The molecule has 19 heavy (non-hydrogen) atoms. The molecule has 2 aliphatic carbocycles. The third kappa shape index (κ3) is 1.70. The molecule has 2 unspecified atom stereocenters. The Labute approximate surface area is 111 Å². The lowest BCUT2D eigenvalue weighted by molar-refractivity contribution is -0.308. The van der Waals surface area contributed by atoms with E-state index in [0.717, 1.165) is 12.8 Å². The molecule has 0 radical (unpaired) electrons. The van der Waals surface area contributed by atoms with Crippen molar-refractivity contribution in [2.75, 3.05) is 6.54 Å². The number of alkyl halides is 1. The molecule has 110 valence electrons. The quantitative estimate of drug-likeness (QED) is 0.542. The number of nitrogens with zero attached hydrogens (tertiary/aromatic N) is 1. The average molecular weight is 275 g/mol. The lowest BCUT2D eigenvalue weighted by Crippen LogP contribution is -2.66. The van der Waals surface area contributed by atoms with Gasteiger partial charge >= 0.3 is 0 Å². The molecule has 0 aromatic carbocycles. The number of likely N-dealkylation sites (tertiary alicyclic amines) is 1. The van der Waals surface area contributed by atoms with E-state index in [-0.39, 0.29) is 18.9 Å². The molecule has 1 heterocycles. The highest BCUT2D eigenvalue weighted by Crippen LogP contribution is 2.68. The summed E-state index contributed by atoms with van der Waals surface area (Å²) in [6, 6.07) is 0. The molecule has 6 heteroatoms. The minimum absolute atomic E-state index is 0.0802. The van der Waals surface area contributed by atoms with Crippen LogP contribution in [0.15, 0.2) is 0 Å². The van der Waals surface area contributed by atoms with Crippen molar-refractivity contribution in [3.8, 4) is 0 Å². The van der Waals surface area contributed by atoms with Crippen LogP contribution in [0.5, 0.6) is 0 Å². The fourth-order valence-corrected chi connectivity index (χ4v) is 3.90. The zero-order valence-corrected chi connectivity index (χ0v) is 11.3. The number of hydrogen-bond donors (Lipinski definition) is 4. The molecule has 1 saturated heterocycles. The van der Waals surface area contributed by atoms with Crippen molar-refractivity contribution in [3.63, 3.8) is 0 Å².